The second-order valence-corrected chi connectivity index (χ2v) is 8.46. The van der Waals surface area contributed by atoms with Gasteiger partial charge in [0.05, 0.1) is 22.4 Å². The summed E-state index contributed by atoms with van der Waals surface area (Å²) < 4.78 is 1.23. The monoisotopic (exact) mass is 384 g/mol. The molecular formula is C20H22N3OS2+. The standard InChI is InChI=1S/C20H21N3OS2/c1-25-17-10-4-2-7-14(17)21-19(24)13-23-12-6-9-16(23)20-22-15-8-3-5-11-18(15)26-20/h2-5,7-8,10-11,16H,6,9,12-13H2,1H3,(H,21,24)/p+1/t16-/m0/s1. The van der Waals surface area contributed by atoms with E-state index in [1.54, 1.807) is 23.1 Å². The number of rotatable bonds is 5. The molecule has 1 saturated heterocycles. The molecule has 3 aromatic rings. The molecule has 4 rings (SSSR count). The number of hydrogen-bond acceptors (Lipinski definition) is 4. The van der Waals surface area contributed by atoms with Crippen LogP contribution < -0.4 is 10.2 Å². The van der Waals surface area contributed by atoms with Gasteiger partial charge in [0.2, 0.25) is 0 Å². The number of fused-ring (bicyclic) bond motifs is 1. The summed E-state index contributed by atoms with van der Waals surface area (Å²) in [5.74, 6) is 0.0783. The molecule has 1 aliphatic rings. The van der Waals surface area contributed by atoms with Gasteiger partial charge in [-0.25, -0.2) is 4.98 Å². The van der Waals surface area contributed by atoms with Crippen molar-refractivity contribution in [3.63, 3.8) is 0 Å². The predicted octanol–water partition coefficient (Wildman–Crippen LogP) is 3.38. The number of hydrogen-bond donors (Lipinski definition) is 2. The van der Waals surface area contributed by atoms with Crippen molar-refractivity contribution >= 4 is 44.9 Å². The van der Waals surface area contributed by atoms with Crippen LogP contribution in [0.25, 0.3) is 10.2 Å². The third-order valence-corrected chi connectivity index (χ3v) is 6.81. The van der Waals surface area contributed by atoms with Crippen molar-refractivity contribution < 1.29 is 9.69 Å². The molecule has 2 atom stereocenters. The molecule has 0 radical (unpaired) electrons. The zero-order chi connectivity index (χ0) is 17.9. The lowest BCUT2D eigenvalue weighted by molar-refractivity contribution is -0.910. The summed E-state index contributed by atoms with van der Waals surface area (Å²) in [6.07, 6.45) is 4.27. The summed E-state index contributed by atoms with van der Waals surface area (Å²) in [7, 11) is 0. The Kier molecular flexibility index (Phi) is 5.24. The minimum Gasteiger partial charge on any atom is -0.320 e. The van der Waals surface area contributed by atoms with Gasteiger partial charge in [-0.3, -0.25) is 4.79 Å². The maximum atomic E-state index is 12.6. The molecule has 0 spiro atoms. The number of thioether (sulfide) groups is 1. The summed E-state index contributed by atoms with van der Waals surface area (Å²) in [4.78, 5) is 19.9. The van der Waals surface area contributed by atoms with E-state index in [1.165, 1.54) is 9.60 Å². The molecule has 1 unspecified atom stereocenters. The first-order chi connectivity index (χ1) is 12.7. The Hall–Kier alpha value is -1.89. The first kappa shape index (κ1) is 17.5. The van der Waals surface area contributed by atoms with E-state index < -0.39 is 0 Å². The Bertz CT molecular complexity index is 891. The molecule has 0 saturated carbocycles. The van der Waals surface area contributed by atoms with Gasteiger partial charge in [-0.15, -0.1) is 23.1 Å². The van der Waals surface area contributed by atoms with Gasteiger partial charge in [0.15, 0.2) is 11.6 Å². The van der Waals surface area contributed by atoms with Crippen molar-refractivity contribution in [2.24, 2.45) is 0 Å². The van der Waals surface area contributed by atoms with Gasteiger partial charge in [-0.05, 0) is 30.5 Å². The van der Waals surface area contributed by atoms with Gasteiger partial charge in [0.25, 0.3) is 5.91 Å². The highest BCUT2D eigenvalue weighted by Crippen LogP contribution is 2.28. The molecular weight excluding hydrogens is 362 g/mol. The normalized spacial score (nSPS) is 19.7. The van der Waals surface area contributed by atoms with Crippen molar-refractivity contribution in [1.29, 1.82) is 0 Å². The highest BCUT2D eigenvalue weighted by molar-refractivity contribution is 7.98. The number of quaternary nitrogens is 1. The zero-order valence-electron chi connectivity index (χ0n) is 14.7. The number of carbonyl (C=O) groups excluding carboxylic acids is 1. The van der Waals surface area contributed by atoms with E-state index in [0.717, 1.165) is 40.5 Å². The van der Waals surface area contributed by atoms with E-state index in [0.29, 0.717) is 12.6 Å². The van der Waals surface area contributed by atoms with Gasteiger partial charge in [-0.2, -0.15) is 0 Å². The Morgan fingerprint density at radius 2 is 2.08 bits per heavy atom. The minimum absolute atomic E-state index is 0.0783. The van der Waals surface area contributed by atoms with Gasteiger partial charge in [0, 0.05) is 17.7 Å². The molecule has 2 N–H and O–H groups in total. The van der Waals surface area contributed by atoms with E-state index in [1.807, 2.05) is 36.6 Å². The van der Waals surface area contributed by atoms with Gasteiger partial charge in [-0.1, -0.05) is 24.3 Å². The summed E-state index contributed by atoms with van der Waals surface area (Å²) in [5.41, 5.74) is 1.97. The van der Waals surface area contributed by atoms with Crippen LogP contribution in [0, 0.1) is 0 Å². The third kappa shape index (κ3) is 3.63. The molecule has 26 heavy (non-hydrogen) atoms. The fourth-order valence-corrected chi connectivity index (χ4v) is 5.32. The molecule has 1 fully saturated rings. The van der Waals surface area contributed by atoms with E-state index in [9.17, 15) is 4.79 Å². The summed E-state index contributed by atoms with van der Waals surface area (Å²) in [5, 5.41) is 4.25. The highest BCUT2D eigenvalue weighted by atomic mass is 32.2. The number of likely N-dealkylation sites (tertiary alicyclic amines) is 1. The van der Waals surface area contributed by atoms with Gasteiger partial charge < -0.3 is 10.2 Å². The fourth-order valence-electron chi connectivity index (χ4n) is 3.61. The number of nitrogens with one attached hydrogen (secondary N) is 2. The van der Waals surface area contributed by atoms with Crippen LogP contribution in [0.5, 0.6) is 0 Å². The molecule has 1 aliphatic heterocycles. The van der Waals surface area contributed by atoms with Crippen LogP contribution in [0.15, 0.2) is 53.4 Å². The number of amides is 1. The molecule has 0 aliphatic carbocycles. The summed E-state index contributed by atoms with van der Waals surface area (Å²) in [6.45, 7) is 1.52. The number of anilines is 1. The number of para-hydroxylation sites is 2. The lowest BCUT2D eigenvalue weighted by Gasteiger charge is -2.19. The van der Waals surface area contributed by atoms with Crippen LogP contribution in [0.2, 0.25) is 0 Å². The number of thiazole rings is 1. The second-order valence-electron chi connectivity index (χ2n) is 6.55. The van der Waals surface area contributed by atoms with E-state index >= 15 is 0 Å². The summed E-state index contributed by atoms with van der Waals surface area (Å²) in [6, 6.07) is 16.6. The molecule has 2 heterocycles. The molecule has 1 amide bonds. The quantitative estimate of drug-likeness (QED) is 0.663. The highest BCUT2D eigenvalue weighted by Gasteiger charge is 2.34. The van der Waals surface area contributed by atoms with Crippen molar-refractivity contribution in [1.82, 2.24) is 4.98 Å². The molecule has 6 heteroatoms. The molecule has 2 aromatic carbocycles. The van der Waals surface area contributed by atoms with Crippen LogP contribution in [0.3, 0.4) is 0 Å². The van der Waals surface area contributed by atoms with Crippen molar-refractivity contribution in [3.8, 4) is 0 Å². The van der Waals surface area contributed by atoms with Gasteiger partial charge >= 0.3 is 0 Å². The molecule has 1 aromatic heterocycles. The second kappa shape index (κ2) is 7.78. The SMILES string of the molecule is CSc1ccccc1NC(=O)C[NH+]1CCC[C@H]1c1nc2ccccc2s1. The van der Waals surface area contributed by atoms with Crippen molar-refractivity contribution in [3.05, 3.63) is 53.5 Å². The number of nitrogens with zero attached hydrogens (tertiary/aromatic N) is 1. The predicted molar refractivity (Wildman–Crippen MR) is 109 cm³/mol. The topological polar surface area (TPSA) is 46.4 Å². The summed E-state index contributed by atoms with van der Waals surface area (Å²) >= 11 is 3.42. The van der Waals surface area contributed by atoms with Crippen molar-refractivity contribution in [2.45, 2.75) is 23.8 Å². The van der Waals surface area contributed by atoms with Crippen LogP contribution in [0.1, 0.15) is 23.9 Å². The van der Waals surface area contributed by atoms with Crippen molar-refractivity contribution in [2.75, 3.05) is 24.7 Å². The van der Waals surface area contributed by atoms with E-state index in [-0.39, 0.29) is 5.91 Å². The molecule has 0 bridgehead atoms. The Labute approximate surface area is 161 Å². The fraction of sp³-hybridized carbons (Fsp3) is 0.300. The number of benzene rings is 2. The average molecular weight is 385 g/mol. The zero-order valence-corrected chi connectivity index (χ0v) is 16.3. The first-order valence-corrected chi connectivity index (χ1v) is 10.9. The van der Waals surface area contributed by atoms with E-state index in [2.05, 4.69) is 23.5 Å². The largest absolute Gasteiger partial charge is 0.320 e. The number of carbonyl (C=O) groups is 1. The first-order valence-electron chi connectivity index (χ1n) is 8.87. The molecule has 4 nitrogen and oxygen atoms in total. The minimum atomic E-state index is 0.0783. The number of aromatic nitrogens is 1. The third-order valence-electron chi connectivity index (χ3n) is 4.86. The Balaban J connectivity index is 1.47. The lowest BCUT2D eigenvalue weighted by Crippen LogP contribution is -3.11. The van der Waals surface area contributed by atoms with Crippen LogP contribution in [-0.4, -0.2) is 30.2 Å². The van der Waals surface area contributed by atoms with Gasteiger partial charge in [0.1, 0.15) is 6.04 Å². The average Bonchev–Trinajstić information content (AvgIpc) is 3.28. The van der Waals surface area contributed by atoms with Crippen LogP contribution >= 0.6 is 23.1 Å². The molecule has 134 valence electrons. The lowest BCUT2D eigenvalue weighted by atomic mass is 10.2. The smallest absolute Gasteiger partial charge is 0.279 e. The Morgan fingerprint density at radius 3 is 2.92 bits per heavy atom. The maximum Gasteiger partial charge on any atom is 0.279 e. The van der Waals surface area contributed by atoms with Crippen LogP contribution in [0.4, 0.5) is 5.69 Å². The Morgan fingerprint density at radius 1 is 1.27 bits per heavy atom. The maximum absolute atomic E-state index is 12.6. The van der Waals surface area contributed by atoms with E-state index in [4.69, 9.17) is 4.98 Å². The van der Waals surface area contributed by atoms with Crippen LogP contribution in [-0.2, 0) is 4.79 Å².